The predicted molar refractivity (Wildman–Crippen MR) is 84.1 cm³/mol. The molecule has 3 rings (SSSR count). The predicted octanol–water partition coefficient (Wildman–Crippen LogP) is 3.36. The lowest BCUT2D eigenvalue weighted by Crippen LogP contribution is -2.53. The van der Waals surface area contributed by atoms with Gasteiger partial charge < -0.3 is 10.2 Å². The van der Waals surface area contributed by atoms with Gasteiger partial charge in [0.25, 0.3) is 0 Å². The fourth-order valence-corrected chi connectivity index (χ4v) is 3.81. The zero-order valence-electron chi connectivity index (χ0n) is 12.6. The van der Waals surface area contributed by atoms with Gasteiger partial charge in [-0.25, -0.2) is 0 Å². The molecule has 1 saturated carbocycles. The van der Waals surface area contributed by atoms with Gasteiger partial charge in [-0.15, -0.1) is 0 Å². The molecule has 2 heterocycles. The maximum atomic E-state index is 4.10. The third kappa shape index (κ3) is 3.32. The van der Waals surface area contributed by atoms with Crippen LogP contribution < -0.4 is 10.2 Å². The van der Waals surface area contributed by atoms with E-state index in [0.717, 1.165) is 13.1 Å². The number of hydrogen-bond acceptors (Lipinski definition) is 3. The highest BCUT2D eigenvalue weighted by molar-refractivity contribution is 5.44. The Hall–Kier alpha value is -1.09. The van der Waals surface area contributed by atoms with E-state index in [0.29, 0.717) is 11.6 Å². The summed E-state index contributed by atoms with van der Waals surface area (Å²) in [5, 5.41) is 3.97. The van der Waals surface area contributed by atoms with Crippen molar-refractivity contribution in [1.82, 2.24) is 10.3 Å². The summed E-state index contributed by atoms with van der Waals surface area (Å²) in [5.74, 6) is 0. The minimum atomic E-state index is 0.405. The van der Waals surface area contributed by atoms with E-state index in [4.69, 9.17) is 0 Å². The standard InChI is InChI=1S/C17H27N3/c1-17(9-3-2-4-10-17)19-15-7-13-20(14-8-15)16-5-11-18-12-6-16/h5-6,11-12,15,19H,2-4,7-10,13-14H2,1H3. The van der Waals surface area contributed by atoms with Crippen molar-refractivity contribution in [2.75, 3.05) is 18.0 Å². The molecule has 0 bridgehead atoms. The fourth-order valence-electron chi connectivity index (χ4n) is 3.81. The molecule has 1 aliphatic carbocycles. The average molecular weight is 273 g/mol. The first-order valence-electron chi connectivity index (χ1n) is 8.18. The van der Waals surface area contributed by atoms with E-state index in [1.54, 1.807) is 0 Å². The highest BCUT2D eigenvalue weighted by atomic mass is 15.2. The number of hydrogen-bond donors (Lipinski definition) is 1. The van der Waals surface area contributed by atoms with E-state index >= 15 is 0 Å². The summed E-state index contributed by atoms with van der Waals surface area (Å²) in [5.41, 5.74) is 1.73. The molecule has 3 nitrogen and oxygen atoms in total. The molecule has 3 heteroatoms. The van der Waals surface area contributed by atoms with E-state index in [-0.39, 0.29) is 0 Å². The SMILES string of the molecule is CC1(NC2CCN(c3ccncc3)CC2)CCCCC1. The summed E-state index contributed by atoms with van der Waals surface area (Å²) in [6.45, 7) is 4.76. The van der Waals surface area contributed by atoms with Crippen LogP contribution in [0.5, 0.6) is 0 Å². The van der Waals surface area contributed by atoms with Crippen molar-refractivity contribution in [2.45, 2.75) is 63.5 Å². The van der Waals surface area contributed by atoms with Gasteiger partial charge in [-0.2, -0.15) is 0 Å². The molecule has 1 aromatic heterocycles. The van der Waals surface area contributed by atoms with Crippen molar-refractivity contribution in [3.8, 4) is 0 Å². The Kier molecular flexibility index (Phi) is 4.25. The molecule has 2 aliphatic rings. The third-order valence-electron chi connectivity index (χ3n) is 5.03. The topological polar surface area (TPSA) is 28.2 Å². The first-order chi connectivity index (χ1) is 9.75. The van der Waals surface area contributed by atoms with Crippen LogP contribution in [0.3, 0.4) is 0 Å². The van der Waals surface area contributed by atoms with Crippen molar-refractivity contribution >= 4 is 5.69 Å². The number of piperidine rings is 1. The molecule has 0 atom stereocenters. The summed E-state index contributed by atoms with van der Waals surface area (Å²) in [6.07, 6.45) is 13.3. The summed E-state index contributed by atoms with van der Waals surface area (Å²) in [4.78, 5) is 6.59. The van der Waals surface area contributed by atoms with Crippen molar-refractivity contribution in [2.24, 2.45) is 0 Å². The molecule has 2 fully saturated rings. The fraction of sp³-hybridized carbons (Fsp3) is 0.706. The zero-order chi connectivity index (χ0) is 13.8. The zero-order valence-corrected chi connectivity index (χ0v) is 12.6. The van der Waals surface area contributed by atoms with Gasteiger partial charge in [0, 0.05) is 42.8 Å². The van der Waals surface area contributed by atoms with Gasteiger partial charge in [-0.05, 0) is 44.7 Å². The second kappa shape index (κ2) is 6.13. The van der Waals surface area contributed by atoms with Crippen molar-refractivity contribution in [3.63, 3.8) is 0 Å². The largest absolute Gasteiger partial charge is 0.371 e. The molecule has 0 radical (unpaired) electrons. The molecule has 1 aromatic rings. The lowest BCUT2D eigenvalue weighted by Gasteiger charge is -2.41. The van der Waals surface area contributed by atoms with Crippen LogP contribution in [0.1, 0.15) is 51.9 Å². The van der Waals surface area contributed by atoms with Gasteiger partial charge in [-0.3, -0.25) is 4.98 Å². The summed E-state index contributed by atoms with van der Waals surface area (Å²) < 4.78 is 0. The minimum Gasteiger partial charge on any atom is -0.371 e. The Bertz CT molecular complexity index is 404. The number of rotatable bonds is 3. The van der Waals surface area contributed by atoms with Crippen molar-refractivity contribution in [3.05, 3.63) is 24.5 Å². The van der Waals surface area contributed by atoms with Crippen LogP contribution in [0.4, 0.5) is 5.69 Å². The van der Waals surface area contributed by atoms with E-state index in [1.807, 2.05) is 12.4 Å². The number of nitrogens with one attached hydrogen (secondary N) is 1. The molecule has 110 valence electrons. The molecule has 1 N–H and O–H groups in total. The van der Waals surface area contributed by atoms with Crippen LogP contribution >= 0.6 is 0 Å². The second-order valence-corrected chi connectivity index (χ2v) is 6.73. The molecule has 0 unspecified atom stereocenters. The molecule has 20 heavy (non-hydrogen) atoms. The Morgan fingerprint density at radius 1 is 1.10 bits per heavy atom. The van der Waals surface area contributed by atoms with Crippen LogP contribution in [0.15, 0.2) is 24.5 Å². The highest BCUT2D eigenvalue weighted by Gasteiger charge is 2.30. The first-order valence-corrected chi connectivity index (χ1v) is 8.18. The molecule has 0 aromatic carbocycles. The monoisotopic (exact) mass is 273 g/mol. The van der Waals surface area contributed by atoms with Gasteiger partial charge in [0.05, 0.1) is 0 Å². The molecule has 1 aliphatic heterocycles. The van der Waals surface area contributed by atoms with Gasteiger partial charge in [0.1, 0.15) is 0 Å². The van der Waals surface area contributed by atoms with E-state index in [2.05, 4.69) is 34.3 Å². The van der Waals surface area contributed by atoms with Crippen LogP contribution in [-0.2, 0) is 0 Å². The van der Waals surface area contributed by atoms with E-state index in [1.165, 1.54) is 50.6 Å². The highest BCUT2D eigenvalue weighted by Crippen LogP contribution is 2.29. The van der Waals surface area contributed by atoms with Gasteiger partial charge in [-0.1, -0.05) is 19.3 Å². The Labute approximate surface area is 122 Å². The van der Waals surface area contributed by atoms with Gasteiger partial charge in [0.2, 0.25) is 0 Å². The lowest BCUT2D eigenvalue weighted by atomic mass is 9.82. The molecule has 1 saturated heterocycles. The Morgan fingerprint density at radius 2 is 1.75 bits per heavy atom. The molecular formula is C17H27N3. The maximum absolute atomic E-state index is 4.10. The normalized spacial score (nSPS) is 23.8. The van der Waals surface area contributed by atoms with Crippen molar-refractivity contribution in [1.29, 1.82) is 0 Å². The van der Waals surface area contributed by atoms with Crippen molar-refractivity contribution < 1.29 is 0 Å². The smallest absolute Gasteiger partial charge is 0.0397 e. The van der Waals surface area contributed by atoms with Crippen LogP contribution in [0.2, 0.25) is 0 Å². The van der Waals surface area contributed by atoms with Crippen LogP contribution in [0, 0.1) is 0 Å². The van der Waals surface area contributed by atoms with Crippen LogP contribution in [0.25, 0.3) is 0 Å². The summed E-state index contributed by atoms with van der Waals surface area (Å²) in [7, 11) is 0. The lowest BCUT2D eigenvalue weighted by molar-refractivity contribution is 0.213. The van der Waals surface area contributed by atoms with Crippen LogP contribution in [-0.4, -0.2) is 29.7 Å². The number of nitrogens with zero attached hydrogens (tertiary/aromatic N) is 2. The first kappa shape index (κ1) is 13.9. The number of pyridine rings is 1. The van der Waals surface area contributed by atoms with E-state index in [9.17, 15) is 0 Å². The second-order valence-electron chi connectivity index (χ2n) is 6.73. The molecule has 0 spiro atoms. The number of anilines is 1. The minimum absolute atomic E-state index is 0.405. The quantitative estimate of drug-likeness (QED) is 0.915. The maximum Gasteiger partial charge on any atom is 0.0397 e. The van der Waals surface area contributed by atoms with Gasteiger partial charge in [0.15, 0.2) is 0 Å². The average Bonchev–Trinajstić information content (AvgIpc) is 2.49. The summed E-state index contributed by atoms with van der Waals surface area (Å²) in [6, 6.07) is 4.95. The number of aromatic nitrogens is 1. The Morgan fingerprint density at radius 3 is 2.40 bits per heavy atom. The molecular weight excluding hydrogens is 246 g/mol. The Balaban J connectivity index is 1.51. The molecule has 0 amide bonds. The van der Waals surface area contributed by atoms with E-state index < -0.39 is 0 Å². The third-order valence-corrected chi connectivity index (χ3v) is 5.03. The summed E-state index contributed by atoms with van der Waals surface area (Å²) >= 11 is 0. The van der Waals surface area contributed by atoms with Gasteiger partial charge >= 0.3 is 0 Å².